The van der Waals surface area contributed by atoms with Gasteiger partial charge in [-0.2, -0.15) is 0 Å². The summed E-state index contributed by atoms with van der Waals surface area (Å²) in [6, 6.07) is 5.15. The molecule has 0 saturated heterocycles. The summed E-state index contributed by atoms with van der Waals surface area (Å²) in [6.07, 6.45) is 0. The Morgan fingerprint density at radius 3 is 2.70 bits per heavy atom. The van der Waals surface area contributed by atoms with E-state index in [-0.39, 0.29) is 5.75 Å². The standard InChI is InChI=1S/C7H8BrNO/c8-4-5-1-2-7(10)6(9)3-5/h1-3,10H,4,9H2. The molecule has 0 amide bonds. The minimum Gasteiger partial charge on any atom is -0.506 e. The number of benzene rings is 1. The van der Waals surface area contributed by atoms with E-state index in [9.17, 15) is 0 Å². The maximum absolute atomic E-state index is 9.00. The molecule has 0 aliphatic rings. The monoisotopic (exact) mass is 201 g/mol. The summed E-state index contributed by atoms with van der Waals surface area (Å²) in [6.45, 7) is 0. The molecule has 54 valence electrons. The van der Waals surface area contributed by atoms with E-state index in [0.717, 1.165) is 10.9 Å². The second-order valence-corrected chi connectivity index (χ2v) is 2.59. The highest BCUT2D eigenvalue weighted by Crippen LogP contribution is 2.21. The van der Waals surface area contributed by atoms with Gasteiger partial charge in [-0.1, -0.05) is 22.0 Å². The van der Waals surface area contributed by atoms with Crippen LogP contribution in [0.3, 0.4) is 0 Å². The summed E-state index contributed by atoms with van der Waals surface area (Å²) in [5.74, 6) is 0.143. The number of nitrogens with two attached hydrogens (primary N) is 1. The van der Waals surface area contributed by atoms with Crippen molar-refractivity contribution in [1.29, 1.82) is 0 Å². The number of phenolic OH excluding ortho intramolecular Hbond substituents is 1. The van der Waals surface area contributed by atoms with Crippen LogP contribution in [0.25, 0.3) is 0 Å². The van der Waals surface area contributed by atoms with E-state index in [4.69, 9.17) is 10.8 Å². The quantitative estimate of drug-likeness (QED) is 0.414. The zero-order valence-corrected chi connectivity index (χ0v) is 6.93. The van der Waals surface area contributed by atoms with Crippen LogP contribution in [0.4, 0.5) is 5.69 Å². The van der Waals surface area contributed by atoms with Crippen LogP contribution < -0.4 is 5.73 Å². The minimum atomic E-state index is 0.143. The fourth-order valence-corrected chi connectivity index (χ4v) is 1.04. The SMILES string of the molecule is Nc1cc(CBr)ccc1O. The van der Waals surface area contributed by atoms with Crippen LogP contribution in [-0.2, 0) is 5.33 Å². The lowest BCUT2D eigenvalue weighted by molar-refractivity contribution is 0.478. The van der Waals surface area contributed by atoms with Crippen molar-refractivity contribution in [3.05, 3.63) is 23.8 Å². The van der Waals surface area contributed by atoms with Gasteiger partial charge in [-0.05, 0) is 17.7 Å². The molecule has 0 atom stereocenters. The van der Waals surface area contributed by atoms with Crippen molar-refractivity contribution in [1.82, 2.24) is 0 Å². The van der Waals surface area contributed by atoms with Gasteiger partial charge in [-0.25, -0.2) is 0 Å². The summed E-state index contributed by atoms with van der Waals surface area (Å²) in [5, 5.41) is 9.76. The lowest BCUT2D eigenvalue weighted by atomic mass is 10.2. The highest BCUT2D eigenvalue weighted by molar-refractivity contribution is 9.08. The zero-order valence-electron chi connectivity index (χ0n) is 5.34. The number of halogens is 1. The van der Waals surface area contributed by atoms with Crippen molar-refractivity contribution in [2.24, 2.45) is 0 Å². The van der Waals surface area contributed by atoms with E-state index in [1.165, 1.54) is 0 Å². The molecule has 0 heterocycles. The molecule has 0 unspecified atom stereocenters. The Bertz CT molecular complexity index is 237. The topological polar surface area (TPSA) is 46.2 Å². The van der Waals surface area contributed by atoms with Crippen molar-refractivity contribution in [2.75, 3.05) is 5.73 Å². The largest absolute Gasteiger partial charge is 0.506 e. The molecule has 1 aromatic carbocycles. The number of hydrogen-bond acceptors (Lipinski definition) is 2. The van der Waals surface area contributed by atoms with Crippen molar-refractivity contribution < 1.29 is 5.11 Å². The van der Waals surface area contributed by atoms with Gasteiger partial charge in [-0.15, -0.1) is 0 Å². The number of hydrogen-bond donors (Lipinski definition) is 2. The first-order chi connectivity index (χ1) is 4.74. The molecule has 0 spiro atoms. The molecule has 1 aromatic rings. The van der Waals surface area contributed by atoms with Crippen LogP contribution in [-0.4, -0.2) is 5.11 Å². The summed E-state index contributed by atoms with van der Waals surface area (Å²) in [7, 11) is 0. The van der Waals surface area contributed by atoms with Crippen molar-refractivity contribution in [2.45, 2.75) is 5.33 Å². The van der Waals surface area contributed by atoms with E-state index in [2.05, 4.69) is 15.9 Å². The molecule has 0 radical (unpaired) electrons. The molecular weight excluding hydrogens is 194 g/mol. The number of rotatable bonds is 1. The Labute approximate surface area is 67.8 Å². The van der Waals surface area contributed by atoms with E-state index in [0.29, 0.717) is 5.69 Å². The van der Waals surface area contributed by atoms with Gasteiger partial charge in [0.25, 0.3) is 0 Å². The number of nitrogen functional groups attached to an aromatic ring is 1. The summed E-state index contributed by atoms with van der Waals surface area (Å²) < 4.78 is 0. The predicted octanol–water partition coefficient (Wildman–Crippen LogP) is 1.87. The van der Waals surface area contributed by atoms with Crippen LogP contribution in [0, 0.1) is 0 Å². The molecule has 2 nitrogen and oxygen atoms in total. The van der Waals surface area contributed by atoms with Crippen molar-refractivity contribution >= 4 is 21.6 Å². The average molecular weight is 202 g/mol. The maximum atomic E-state index is 9.00. The van der Waals surface area contributed by atoms with Gasteiger partial charge in [0.15, 0.2) is 0 Å². The molecule has 1 rings (SSSR count). The zero-order chi connectivity index (χ0) is 7.56. The van der Waals surface area contributed by atoms with Crippen LogP contribution in [0.1, 0.15) is 5.56 Å². The van der Waals surface area contributed by atoms with E-state index in [1.54, 1.807) is 12.1 Å². The molecule has 10 heavy (non-hydrogen) atoms. The number of phenols is 1. The Morgan fingerprint density at radius 2 is 2.20 bits per heavy atom. The first-order valence-electron chi connectivity index (χ1n) is 2.87. The van der Waals surface area contributed by atoms with Gasteiger partial charge in [0.1, 0.15) is 5.75 Å². The highest BCUT2D eigenvalue weighted by Gasteiger charge is 1.95. The smallest absolute Gasteiger partial charge is 0.138 e. The molecule has 0 saturated carbocycles. The first-order valence-corrected chi connectivity index (χ1v) is 3.99. The van der Waals surface area contributed by atoms with Gasteiger partial charge >= 0.3 is 0 Å². The second kappa shape index (κ2) is 2.92. The third-order valence-corrected chi connectivity index (χ3v) is 1.89. The molecule has 3 heteroatoms. The van der Waals surface area contributed by atoms with Crippen LogP contribution >= 0.6 is 15.9 Å². The lowest BCUT2D eigenvalue weighted by Crippen LogP contribution is -1.86. The Hall–Kier alpha value is -0.700. The molecule has 0 bridgehead atoms. The number of anilines is 1. The van der Waals surface area contributed by atoms with Gasteiger partial charge in [0.2, 0.25) is 0 Å². The molecule has 0 aromatic heterocycles. The first kappa shape index (κ1) is 7.41. The summed E-state index contributed by atoms with van der Waals surface area (Å²) in [4.78, 5) is 0. The fraction of sp³-hybridized carbons (Fsp3) is 0.143. The fourth-order valence-electron chi connectivity index (χ4n) is 0.687. The van der Waals surface area contributed by atoms with Crippen LogP contribution in [0.2, 0.25) is 0 Å². The third-order valence-electron chi connectivity index (χ3n) is 1.25. The Kier molecular flexibility index (Phi) is 2.17. The molecule has 0 aliphatic heterocycles. The molecule has 0 fully saturated rings. The normalized spacial score (nSPS) is 9.70. The lowest BCUT2D eigenvalue weighted by Gasteiger charge is -1.99. The van der Waals surface area contributed by atoms with Gasteiger partial charge < -0.3 is 10.8 Å². The second-order valence-electron chi connectivity index (χ2n) is 2.03. The maximum Gasteiger partial charge on any atom is 0.138 e. The molecular formula is C7H8BrNO. The molecule has 0 aliphatic carbocycles. The highest BCUT2D eigenvalue weighted by atomic mass is 79.9. The Balaban J connectivity index is 3.04. The summed E-state index contributed by atoms with van der Waals surface area (Å²) >= 11 is 3.28. The summed E-state index contributed by atoms with van der Waals surface area (Å²) in [5.41, 5.74) is 6.92. The van der Waals surface area contributed by atoms with Gasteiger partial charge in [-0.3, -0.25) is 0 Å². The van der Waals surface area contributed by atoms with E-state index in [1.807, 2.05) is 6.07 Å². The van der Waals surface area contributed by atoms with Crippen LogP contribution in [0.5, 0.6) is 5.75 Å². The predicted molar refractivity (Wildman–Crippen MR) is 45.2 cm³/mol. The van der Waals surface area contributed by atoms with E-state index < -0.39 is 0 Å². The number of aromatic hydroxyl groups is 1. The Morgan fingerprint density at radius 1 is 1.50 bits per heavy atom. The minimum absolute atomic E-state index is 0.143. The van der Waals surface area contributed by atoms with Crippen molar-refractivity contribution in [3.63, 3.8) is 0 Å². The average Bonchev–Trinajstić information content (AvgIpc) is 1.95. The third kappa shape index (κ3) is 1.42. The van der Waals surface area contributed by atoms with E-state index >= 15 is 0 Å². The van der Waals surface area contributed by atoms with Gasteiger partial charge in [0, 0.05) is 5.33 Å². The van der Waals surface area contributed by atoms with Crippen molar-refractivity contribution in [3.8, 4) is 5.75 Å². The molecule has 3 N–H and O–H groups in total. The van der Waals surface area contributed by atoms with Gasteiger partial charge in [0.05, 0.1) is 5.69 Å². The number of alkyl halides is 1. The van der Waals surface area contributed by atoms with Crippen LogP contribution in [0.15, 0.2) is 18.2 Å².